The molecular formula is C14H18O3. The lowest BCUT2D eigenvalue weighted by atomic mass is 9.80. The molecule has 0 bridgehead atoms. The molecule has 17 heavy (non-hydrogen) atoms. The van der Waals surface area contributed by atoms with E-state index in [1.807, 2.05) is 24.3 Å². The van der Waals surface area contributed by atoms with Crippen LogP contribution in [0, 0.1) is 0 Å². The number of aliphatic hydroxyl groups is 1. The highest BCUT2D eigenvalue weighted by molar-refractivity contribution is 5.79. The minimum Gasteiger partial charge on any atom is -0.497 e. The molecule has 0 spiro atoms. The third-order valence-electron chi connectivity index (χ3n) is 3.41. The van der Waals surface area contributed by atoms with Crippen molar-refractivity contribution >= 4 is 5.78 Å². The normalized spacial score (nSPS) is 19.1. The second-order valence-corrected chi connectivity index (χ2v) is 4.79. The molecule has 3 heteroatoms. The predicted octanol–water partition coefficient (Wildman–Crippen LogP) is 2.11. The Morgan fingerprint density at radius 2 is 2.06 bits per heavy atom. The number of ether oxygens (including phenoxy) is 1. The van der Waals surface area contributed by atoms with Crippen molar-refractivity contribution in [1.29, 1.82) is 0 Å². The van der Waals surface area contributed by atoms with Gasteiger partial charge in [-0.15, -0.1) is 0 Å². The second kappa shape index (κ2) is 4.88. The van der Waals surface area contributed by atoms with Crippen molar-refractivity contribution < 1.29 is 14.6 Å². The molecule has 1 saturated carbocycles. The first kappa shape index (κ1) is 12.1. The van der Waals surface area contributed by atoms with Gasteiger partial charge in [0.25, 0.3) is 0 Å². The van der Waals surface area contributed by atoms with Crippen LogP contribution < -0.4 is 4.74 Å². The molecule has 1 aromatic carbocycles. The highest BCUT2D eigenvalue weighted by Gasteiger charge is 2.32. The summed E-state index contributed by atoms with van der Waals surface area (Å²) in [5, 5.41) is 10.4. The van der Waals surface area contributed by atoms with E-state index in [9.17, 15) is 9.90 Å². The Hall–Kier alpha value is -1.35. The van der Waals surface area contributed by atoms with Crippen molar-refractivity contribution in [2.24, 2.45) is 0 Å². The Kier molecular flexibility index (Phi) is 3.48. The topological polar surface area (TPSA) is 46.5 Å². The fraction of sp³-hybridized carbons (Fsp3) is 0.500. The first-order valence-electron chi connectivity index (χ1n) is 5.98. The molecule has 0 aromatic heterocycles. The number of Topliss-reactive ketones (excluding diaryl/α,β-unsaturated/α-hetero) is 1. The summed E-state index contributed by atoms with van der Waals surface area (Å²) >= 11 is 0. The van der Waals surface area contributed by atoms with Gasteiger partial charge in [0.2, 0.25) is 0 Å². The molecule has 0 atom stereocenters. The highest BCUT2D eigenvalue weighted by Crippen LogP contribution is 2.30. The van der Waals surface area contributed by atoms with Crippen LogP contribution in [-0.4, -0.2) is 23.6 Å². The fourth-order valence-corrected chi connectivity index (χ4v) is 2.33. The third-order valence-corrected chi connectivity index (χ3v) is 3.41. The number of ketones is 1. The Labute approximate surface area is 101 Å². The molecule has 1 aromatic rings. The van der Waals surface area contributed by atoms with E-state index in [1.54, 1.807) is 7.11 Å². The number of methoxy groups -OCH3 is 1. The minimum atomic E-state index is -0.722. The average molecular weight is 234 g/mol. The maximum atomic E-state index is 11.2. The number of hydrogen-bond donors (Lipinski definition) is 1. The molecule has 1 N–H and O–H groups in total. The first-order valence-corrected chi connectivity index (χ1v) is 5.98. The van der Waals surface area contributed by atoms with Crippen LogP contribution in [0.1, 0.15) is 31.2 Å². The lowest BCUT2D eigenvalue weighted by Gasteiger charge is -2.31. The van der Waals surface area contributed by atoms with E-state index < -0.39 is 5.60 Å². The summed E-state index contributed by atoms with van der Waals surface area (Å²) in [5.41, 5.74) is 0.335. The van der Waals surface area contributed by atoms with Crippen molar-refractivity contribution in [3.8, 4) is 5.75 Å². The van der Waals surface area contributed by atoms with E-state index in [0.29, 0.717) is 32.1 Å². The van der Waals surface area contributed by atoms with E-state index in [1.165, 1.54) is 0 Å². The zero-order valence-electron chi connectivity index (χ0n) is 10.1. The van der Waals surface area contributed by atoms with Gasteiger partial charge in [-0.2, -0.15) is 0 Å². The molecule has 1 aliphatic carbocycles. The molecule has 1 fully saturated rings. The molecule has 1 aliphatic rings. The molecule has 0 amide bonds. The van der Waals surface area contributed by atoms with Gasteiger partial charge in [-0.25, -0.2) is 0 Å². The van der Waals surface area contributed by atoms with Crippen LogP contribution in [0.5, 0.6) is 5.75 Å². The molecule has 3 nitrogen and oxygen atoms in total. The van der Waals surface area contributed by atoms with Crippen molar-refractivity contribution in [2.75, 3.05) is 7.11 Å². The number of rotatable bonds is 3. The standard InChI is InChI=1S/C14H18O3/c1-17-13-4-2-3-11(9-13)10-14(16)7-5-12(15)6-8-14/h2-4,9,16H,5-8,10H2,1H3. The van der Waals surface area contributed by atoms with Crippen LogP contribution in [0.2, 0.25) is 0 Å². The van der Waals surface area contributed by atoms with Gasteiger partial charge in [0, 0.05) is 19.3 Å². The van der Waals surface area contributed by atoms with Gasteiger partial charge in [0.1, 0.15) is 11.5 Å². The summed E-state index contributed by atoms with van der Waals surface area (Å²) in [5.74, 6) is 1.07. The van der Waals surface area contributed by atoms with Crippen LogP contribution >= 0.6 is 0 Å². The van der Waals surface area contributed by atoms with Gasteiger partial charge in [-0.1, -0.05) is 12.1 Å². The van der Waals surface area contributed by atoms with Crippen molar-refractivity contribution in [2.45, 2.75) is 37.7 Å². The van der Waals surface area contributed by atoms with Crippen LogP contribution in [-0.2, 0) is 11.2 Å². The first-order chi connectivity index (χ1) is 8.11. The summed E-state index contributed by atoms with van der Waals surface area (Å²) in [4.78, 5) is 11.2. The fourth-order valence-electron chi connectivity index (χ4n) is 2.33. The maximum absolute atomic E-state index is 11.2. The summed E-state index contributed by atoms with van der Waals surface area (Å²) < 4.78 is 5.16. The Balaban J connectivity index is 2.06. The van der Waals surface area contributed by atoms with Crippen LogP contribution in [0.25, 0.3) is 0 Å². The molecule has 0 unspecified atom stereocenters. The molecule has 0 saturated heterocycles. The Bertz CT molecular complexity index is 402. The van der Waals surface area contributed by atoms with E-state index in [0.717, 1.165) is 11.3 Å². The van der Waals surface area contributed by atoms with Gasteiger partial charge >= 0.3 is 0 Å². The number of carbonyl (C=O) groups excluding carboxylic acids is 1. The van der Waals surface area contributed by atoms with Gasteiger partial charge in [0.05, 0.1) is 12.7 Å². The lowest BCUT2D eigenvalue weighted by Crippen LogP contribution is -2.36. The quantitative estimate of drug-likeness (QED) is 0.871. The highest BCUT2D eigenvalue weighted by atomic mass is 16.5. The van der Waals surface area contributed by atoms with E-state index in [-0.39, 0.29) is 5.78 Å². The average Bonchev–Trinajstić information content (AvgIpc) is 2.33. The van der Waals surface area contributed by atoms with Gasteiger partial charge in [0.15, 0.2) is 0 Å². The number of benzene rings is 1. The lowest BCUT2D eigenvalue weighted by molar-refractivity contribution is -0.125. The van der Waals surface area contributed by atoms with Gasteiger partial charge in [-0.3, -0.25) is 4.79 Å². The van der Waals surface area contributed by atoms with E-state index in [4.69, 9.17) is 4.74 Å². The molecule has 0 heterocycles. The monoisotopic (exact) mass is 234 g/mol. The second-order valence-electron chi connectivity index (χ2n) is 4.79. The van der Waals surface area contributed by atoms with Gasteiger partial charge in [-0.05, 0) is 30.5 Å². The smallest absolute Gasteiger partial charge is 0.133 e. The van der Waals surface area contributed by atoms with Crippen LogP contribution in [0.15, 0.2) is 24.3 Å². The molecular weight excluding hydrogens is 216 g/mol. The van der Waals surface area contributed by atoms with Crippen molar-refractivity contribution in [3.05, 3.63) is 29.8 Å². The van der Waals surface area contributed by atoms with Crippen LogP contribution in [0.4, 0.5) is 0 Å². The van der Waals surface area contributed by atoms with E-state index in [2.05, 4.69) is 0 Å². The SMILES string of the molecule is COc1cccc(CC2(O)CCC(=O)CC2)c1. The minimum absolute atomic E-state index is 0.264. The third kappa shape index (κ3) is 3.07. The summed E-state index contributed by atoms with van der Waals surface area (Å²) in [6.45, 7) is 0. The number of hydrogen-bond acceptors (Lipinski definition) is 3. The van der Waals surface area contributed by atoms with Crippen LogP contribution in [0.3, 0.4) is 0 Å². The molecule has 0 aliphatic heterocycles. The Morgan fingerprint density at radius 3 is 2.71 bits per heavy atom. The van der Waals surface area contributed by atoms with Gasteiger partial charge < -0.3 is 9.84 Å². The number of carbonyl (C=O) groups is 1. The van der Waals surface area contributed by atoms with Crippen molar-refractivity contribution in [1.82, 2.24) is 0 Å². The molecule has 0 radical (unpaired) electrons. The largest absolute Gasteiger partial charge is 0.497 e. The Morgan fingerprint density at radius 1 is 1.35 bits per heavy atom. The summed E-state index contributed by atoms with van der Waals surface area (Å²) in [6, 6.07) is 7.73. The summed E-state index contributed by atoms with van der Waals surface area (Å²) in [7, 11) is 1.63. The molecule has 2 rings (SSSR count). The zero-order valence-corrected chi connectivity index (χ0v) is 10.1. The zero-order chi connectivity index (χ0) is 12.3. The molecule has 92 valence electrons. The predicted molar refractivity (Wildman–Crippen MR) is 65.1 cm³/mol. The summed E-state index contributed by atoms with van der Waals surface area (Å²) in [6.07, 6.45) is 2.74. The van der Waals surface area contributed by atoms with E-state index >= 15 is 0 Å². The van der Waals surface area contributed by atoms with Crippen molar-refractivity contribution in [3.63, 3.8) is 0 Å². The maximum Gasteiger partial charge on any atom is 0.133 e.